The Morgan fingerprint density at radius 2 is 0.703 bits per heavy atom. The van der Waals surface area contributed by atoms with E-state index in [-0.39, 0.29) is 0 Å². The molecule has 1 heterocycles. The SMILES string of the molecule is N#Cc1ccc(-c2ccc(-c3ccccc3-c3ccc4c5c(cccc35)-c3ccccc3-4)cc2)cc1-c1ccccc1-c1nc(-c2ccccc2)nc(-c2ccc(-c3cc4ccccc4c4ccccc34)cc2)n1. The summed E-state index contributed by atoms with van der Waals surface area (Å²) in [5, 5.41) is 18.1. The lowest BCUT2D eigenvalue weighted by molar-refractivity contribution is 1.07. The van der Waals surface area contributed by atoms with E-state index in [1.54, 1.807) is 0 Å². The molecule has 0 aliphatic heterocycles. The molecule has 74 heavy (non-hydrogen) atoms. The highest BCUT2D eigenvalue weighted by Crippen LogP contribution is 2.50. The van der Waals surface area contributed by atoms with E-state index in [0.717, 1.165) is 50.1 Å². The van der Waals surface area contributed by atoms with Gasteiger partial charge in [-0.15, -0.1) is 0 Å². The van der Waals surface area contributed by atoms with E-state index in [9.17, 15) is 5.26 Å². The maximum atomic E-state index is 10.6. The molecule has 0 radical (unpaired) electrons. The molecule has 1 aliphatic rings. The zero-order chi connectivity index (χ0) is 49.1. The third-order valence-electron chi connectivity index (χ3n) is 14.8. The zero-order valence-electron chi connectivity index (χ0n) is 40.0. The molecule has 0 amide bonds. The van der Waals surface area contributed by atoms with Crippen molar-refractivity contribution in [1.82, 2.24) is 15.0 Å². The summed E-state index contributed by atoms with van der Waals surface area (Å²) >= 11 is 0. The summed E-state index contributed by atoms with van der Waals surface area (Å²) in [6, 6.07) is 92.2. The fourth-order valence-electron chi connectivity index (χ4n) is 11.2. The van der Waals surface area contributed by atoms with Crippen molar-refractivity contribution in [1.29, 1.82) is 5.26 Å². The Morgan fingerprint density at radius 3 is 1.41 bits per heavy atom. The van der Waals surface area contributed by atoms with Crippen molar-refractivity contribution in [2.45, 2.75) is 0 Å². The molecule has 4 nitrogen and oxygen atoms in total. The Morgan fingerprint density at radius 1 is 0.243 bits per heavy atom. The van der Waals surface area contributed by atoms with E-state index in [2.05, 4.69) is 200 Å². The molecule has 12 aromatic carbocycles. The van der Waals surface area contributed by atoms with Crippen molar-refractivity contribution in [3.63, 3.8) is 0 Å². The van der Waals surface area contributed by atoms with E-state index in [1.807, 2.05) is 60.7 Å². The van der Waals surface area contributed by atoms with Gasteiger partial charge in [-0.1, -0.05) is 237 Å². The van der Waals surface area contributed by atoms with Crippen molar-refractivity contribution in [3.8, 4) is 118 Å². The van der Waals surface area contributed by atoms with E-state index in [1.165, 1.54) is 76.8 Å². The Labute approximate surface area is 428 Å². The van der Waals surface area contributed by atoms with E-state index >= 15 is 0 Å². The van der Waals surface area contributed by atoms with Crippen LogP contribution in [0.5, 0.6) is 0 Å². The number of rotatable bonds is 8. The van der Waals surface area contributed by atoms with Gasteiger partial charge in [0.05, 0.1) is 11.6 Å². The molecular weight excluding hydrogens is 897 g/mol. The molecule has 0 unspecified atom stereocenters. The molecule has 0 saturated carbocycles. The molecule has 342 valence electrons. The highest BCUT2D eigenvalue weighted by molar-refractivity contribution is 6.19. The first-order valence-corrected chi connectivity index (χ1v) is 25.0. The van der Waals surface area contributed by atoms with E-state index in [4.69, 9.17) is 15.0 Å². The van der Waals surface area contributed by atoms with Gasteiger partial charge in [-0.25, -0.2) is 15.0 Å². The Bertz CT molecular complexity index is 4390. The number of fused-ring (bicyclic) bond motifs is 6. The van der Waals surface area contributed by atoms with Crippen LogP contribution in [0, 0.1) is 11.3 Å². The standard InChI is InChI=1S/C70H42N4/c71-43-51-38-37-49(44-29-31-45(32-30-44)52-18-6-7-20-54(52)60-39-40-63-57-23-10-9-22-56(57)61-27-14-28-62(60)67(61)63)41-66(51)59-25-12-13-26-64(59)70-73-68(47-15-2-1-3-16-47)72-69(74-70)48-35-33-46(34-36-48)65-42-50-17-4-5-19-53(50)55-21-8-11-24-58(55)65/h1-42H. The van der Waals surface area contributed by atoms with Crippen molar-refractivity contribution in [2.75, 3.05) is 0 Å². The van der Waals surface area contributed by atoms with Gasteiger partial charge < -0.3 is 0 Å². The normalized spacial score (nSPS) is 11.5. The molecule has 0 saturated heterocycles. The van der Waals surface area contributed by atoms with E-state index < -0.39 is 0 Å². The average Bonchev–Trinajstić information content (AvgIpc) is 3.84. The van der Waals surface area contributed by atoms with Crippen molar-refractivity contribution >= 4 is 32.3 Å². The van der Waals surface area contributed by atoms with Crippen LogP contribution in [0.4, 0.5) is 0 Å². The maximum absolute atomic E-state index is 10.6. The first-order chi connectivity index (χ1) is 36.6. The minimum Gasteiger partial charge on any atom is -0.208 e. The van der Waals surface area contributed by atoms with E-state index in [0.29, 0.717) is 23.0 Å². The van der Waals surface area contributed by atoms with Crippen LogP contribution < -0.4 is 0 Å². The Kier molecular flexibility index (Phi) is 10.2. The lowest BCUT2D eigenvalue weighted by Gasteiger charge is -2.15. The first-order valence-electron chi connectivity index (χ1n) is 25.0. The number of benzene rings is 12. The second kappa shape index (κ2) is 17.6. The van der Waals surface area contributed by atoms with Gasteiger partial charge in [-0.2, -0.15) is 5.26 Å². The molecule has 14 rings (SSSR count). The van der Waals surface area contributed by atoms with Crippen LogP contribution >= 0.6 is 0 Å². The highest BCUT2D eigenvalue weighted by atomic mass is 15.0. The molecule has 0 atom stereocenters. The van der Waals surface area contributed by atoms with Gasteiger partial charge >= 0.3 is 0 Å². The van der Waals surface area contributed by atoms with Crippen LogP contribution in [-0.2, 0) is 0 Å². The number of hydrogen-bond donors (Lipinski definition) is 0. The summed E-state index contributed by atoms with van der Waals surface area (Å²) in [7, 11) is 0. The number of aromatic nitrogens is 3. The molecule has 0 bridgehead atoms. The molecule has 1 aliphatic carbocycles. The average molecular weight is 939 g/mol. The first kappa shape index (κ1) is 42.8. The van der Waals surface area contributed by atoms with Crippen LogP contribution in [0.3, 0.4) is 0 Å². The molecular formula is C70H42N4. The number of hydrogen-bond acceptors (Lipinski definition) is 4. The van der Waals surface area contributed by atoms with Gasteiger partial charge in [-0.3, -0.25) is 0 Å². The van der Waals surface area contributed by atoms with Crippen LogP contribution in [-0.4, -0.2) is 15.0 Å². The molecule has 13 aromatic rings. The molecule has 4 heteroatoms. The van der Waals surface area contributed by atoms with Crippen LogP contribution in [0.25, 0.3) is 144 Å². The summed E-state index contributed by atoms with van der Waals surface area (Å²) in [4.78, 5) is 15.5. The second-order valence-corrected chi connectivity index (χ2v) is 18.9. The van der Waals surface area contributed by atoms with Gasteiger partial charge in [0, 0.05) is 22.3 Å². The highest BCUT2D eigenvalue weighted by Gasteiger charge is 2.24. The number of nitrogens with zero attached hydrogens (tertiary/aromatic N) is 4. The van der Waals surface area contributed by atoms with Gasteiger partial charge in [0.25, 0.3) is 0 Å². The lowest BCUT2D eigenvalue weighted by Crippen LogP contribution is -2.01. The monoisotopic (exact) mass is 938 g/mol. The smallest absolute Gasteiger partial charge is 0.164 e. The quantitative estimate of drug-likeness (QED) is 0.142. The van der Waals surface area contributed by atoms with Crippen LogP contribution in [0.2, 0.25) is 0 Å². The largest absolute Gasteiger partial charge is 0.208 e. The summed E-state index contributed by atoms with van der Waals surface area (Å²) in [6.45, 7) is 0. The minimum absolute atomic E-state index is 0.524. The van der Waals surface area contributed by atoms with Gasteiger partial charge in [-0.05, 0) is 123 Å². The summed E-state index contributed by atoms with van der Waals surface area (Å²) < 4.78 is 0. The van der Waals surface area contributed by atoms with Crippen molar-refractivity contribution in [2.24, 2.45) is 0 Å². The Hall–Kier alpha value is -10.1. The molecule has 0 fully saturated rings. The predicted molar refractivity (Wildman–Crippen MR) is 305 cm³/mol. The van der Waals surface area contributed by atoms with Crippen molar-refractivity contribution < 1.29 is 0 Å². The van der Waals surface area contributed by atoms with Crippen molar-refractivity contribution in [3.05, 3.63) is 260 Å². The topological polar surface area (TPSA) is 62.5 Å². The minimum atomic E-state index is 0.524. The molecule has 0 N–H and O–H groups in total. The fraction of sp³-hybridized carbons (Fsp3) is 0. The number of nitriles is 1. The third kappa shape index (κ3) is 7.18. The molecule has 0 spiro atoms. The van der Waals surface area contributed by atoms with Crippen LogP contribution in [0.1, 0.15) is 5.56 Å². The summed E-state index contributed by atoms with van der Waals surface area (Å²) in [5.41, 5.74) is 19.0. The van der Waals surface area contributed by atoms with Crippen LogP contribution in [0.15, 0.2) is 255 Å². The summed E-state index contributed by atoms with van der Waals surface area (Å²) in [5.74, 6) is 1.66. The lowest BCUT2D eigenvalue weighted by atomic mass is 9.89. The zero-order valence-corrected chi connectivity index (χ0v) is 40.0. The predicted octanol–water partition coefficient (Wildman–Crippen LogP) is 18.2. The van der Waals surface area contributed by atoms with Gasteiger partial charge in [0.1, 0.15) is 0 Å². The van der Waals surface area contributed by atoms with Gasteiger partial charge in [0.2, 0.25) is 0 Å². The maximum Gasteiger partial charge on any atom is 0.164 e. The Balaban J connectivity index is 0.826. The third-order valence-corrected chi connectivity index (χ3v) is 14.8. The second-order valence-electron chi connectivity index (χ2n) is 18.9. The fourth-order valence-corrected chi connectivity index (χ4v) is 11.2. The summed E-state index contributed by atoms with van der Waals surface area (Å²) in [6.07, 6.45) is 0. The van der Waals surface area contributed by atoms with Gasteiger partial charge in [0.15, 0.2) is 17.5 Å². The molecule has 1 aromatic heterocycles.